The maximum Gasteiger partial charge on any atom is 0.389 e. The van der Waals surface area contributed by atoms with E-state index >= 15 is 0 Å². The van der Waals surface area contributed by atoms with Crippen molar-refractivity contribution in [1.82, 2.24) is 0 Å². The molecule has 3 aromatic rings. The van der Waals surface area contributed by atoms with E-state index in [4.69, 9.17) is 16.5 Å². The SMILES string of the molecule is C[Si]1(C)O[Si](C)(c2ccccc2)O[Si](C)(C)O[Si](c2ccccc2)(c2ccccc2)O1. The van der Waals surface area contributed by atoms with Crippen LogP contribution in [0.3, 0.4) is 0 Å². The average molecular weight is 483 g/mol. The van der Waals surface area contributed by atoms with E-state index in [0.717, 1.165) is 15.6 Å². The van der Waals surface area contributed by atoms with E-state index in [1.807, 2.05) is 54.6 Å². The lowest BCUT2D eigenvalue weighted by atomic mass is 10.4. The molecule has 0 spiro atoms. The lowest BCUT2D eigenvalue weighted by Crippen LogP contribution is -2.76. The highest BCUT2D eigenvalue weighted by Crippen LogP contribution is 2.30. The van der Waals surface area contributed by atoms with Crippen LogP contribution in [0, 0.1) is 0 Å². The van der Waals surface area contributed by atoms with Crippen LogP contribution in [0.25, 0.3) is 0 Å². The molecule has 31 heavy (non-hydrogen) atoms. The van der Waals surface area contributed by atoms with Crippen molar-refractivity contribution in [3.05, 3.63) is 91.0 Å². The van der Waals surface area contributed by atoms with Gasteiger partial charge in [-0.2, -0.15) is 0 Å². The van der Waals surface area contributed by atoms with Crippen LogP contribution in [-0.2, 0) is 16.5 Å². The predicted molar refractivity (Wildman–Crippen MR) is 135 cm³/mol. The third kappa shape index (κ3) is 4.76. The molecule has 0 aromatic heterocycles. The fourth-order valence-corrected chi connectivity index (χ4v) is 24.7. The van der Waals surface area contributed by atoms with Gasteiger partial charge in [0.1, 0.15) is 0 Å². The summed E-state index contributed by atoms with van der Waals surface area (Å²) in [6.07, 6.45) is 0. The molecule has 0 unspecified atom stereocenters. The molecule has 0 atom stereocenters. The lowest BCUT2D eigenvalue weighted by Gasteiger charge is -2.49. The van der Waals surface area contributed by atoms with Gasteiger partial charge in [0.05, 0.1) is 0 Å². The largest absolute Gasteiger partial charge is 0.412 e. The Kier molecular flexibility index (Phi) is 6.09. The summed E-state index contributed by atoms with van der Waals surface area (Å²) in [6.45, 7) is 10.6. The second-order valence-corrected chi connectivity index (χ2v) is 22.6. The van der Waals surface area contributed by atoms with Gasteiger partial charge in [0.2, 0.25) is 0 Å². The number of hydrogen-bond acceptors (Lipinski definition) is 4. The molecule has 8 heteroatoms. The summed E-state index contributed by atoms with van der Waals surface area (Å²) in [5.74, 6) is 0. The minimum atomic E-state index is -3.06. The van der Waals surface area contributed by atoms with Crippen molar-refractivity contribution < 1.29 is 16.5 Å². The van der Waals surface area contributed by atoms with Gasteiger partial charge in [0, 0.05) is 0 Å². The summed E-state index contributed by atoms with van der Waals surface area (Å²) in [5, 5.41) is 3.27. The van der Waals surface area contributed by atoms with Crippen LogP contribution in [0.1, 0.15) is 0 Å². The number of benzene rings is 3. The van der Waals surface area contributed by atoms with E-state index in [9.17, 15) is 0 Å². The third-order valence-electron chi connectivity index (χ3n) is 5.27. The summed E-state index contributed by atoms with van der Waals surface area (Å²) in [7, 11) is -11.1. The Bertz CT molecular complexity index is 952. The van der Waals surface area contributed by atoms with Crippen molar-refractivity contribution in [3.63, 3.8) is 0 Å². The molecule has 4 rings (SSSR count). The first-order valence-corrected chi connectivity index (χ1v) is 20.4. The summed E-state index contributed by atoms with van der Waals surface area (Å²) < 4.78 is 28.0. The quantitative estimate of drug-likeness (QED) is 0.534. The second-order valence-electron chi connectivity index (χ2n) is 8.87. The molecule has 1 fully saturated rings. The Balaban J connectivity index is 1.87. The van der Waals surface area contributed by atoms with Gasteiger partial charge in [-0.3, -0.25) is 0 Å². The monoisotopic (exact) mass is 482 g/mol. The van der Waals surface area contributed by atoms with Crippen molar-refractivity contribution in [1.29, 1.82) is 0 Å². The van der Waals surface area contributed by atoms with E-state index in [-0.39, 0.29) is 0 Å². The Morgan fingerprint density at radius 1 is 0.419 bits per heavy atom. The van der Waals surface area contributed by atoms with Crippen molar-refractivity contribution in [2.24, 2.45) is 0 Å². The molecule has 1 aliphatic heterocycles. The van der Waals surface area contributed by atoms with Crippen molar-refractivity contribution >= 4 is 49.8 Å². The molecule has 0 bridgehead atoms. The summed E-state index contributed by atoms with van der Waals surface area (Å²) in [6, 6.07) is 31.0. The van der Waals surface area contributed by atoms with Gasteiger partial charge >= 0.3 is 34.2 Å². The first-order chi connectivity index (χ1) is 14.6. The van der Waals surface area contributed by atoms with E-state index in [0.29, 0.717) is 0 Å². The average Bonchev–Trinajstić information content (AvgIpc) is 2.73. The maximum absolute atomic E-state index is 7.11. The van der Waals surface area contributed by atoms with Crippen LogP contribution in [0.15, 0.2) is 91.0 Å². The zero-order valence-corrected chi connectivity index (χ0v) is 22.8. The molecule has 1 saturated heterocycles. The summed E-state index contributed by atoms with van der Waals surface area (Å²) >= 11 is 0. The van der Waals surface area contributed by atoms with Gasteiger partial charge < -0.3 is 16.5 Å². The Morgan fingerprint density at radius 3 is 1.10 bits per heavy atom. The first-order valence-electron chi connectivity index (χ1n) is 10.6. The van der Waals surface area contributed by atoms with Gasteiger partial charge in [-0.25, -0.2) is 0 Å². The lowest BCUT2D eigenvalue weighted by molar-refractivity contribution is 0.249. The molecule has 0 amide bonds. The van der Waals surface area contributed by atoms with Gasteiger partial charge in [-0.1, -0.05) is 91.0 Å². The molecular weight excluding hydrogens is 453 g/mol. The Hall–Kier alpha value is -1.63. The minimum Gasteiger partial charge on any atom is -0.412 e. The number of rotatable bonds is 3. The molecule has 3 aromatic carbocycles. The fraction of sp³-hybridized carbons (Fsp3) is 0.217. The molecule has 0 radical (unpaired) electrons. The van der Waals surface area contributed by atoms with Crippen LogP contribution in [0.5, 0.6) is 0 Å². The predicted octanol–water partition coefficient (Wildman–Crippen LogP) is 3.71. The van der Waals surface area contributed by atoms with Gasteiger partial charge in [-0.15, -0.1) is 0 Å². The molecule has 0 saturated carbocycles. The highest BCUT2D eigenvalue weighted by Gasteiger charge is 2.58. The molecule has 4 nitrogen and oxygen atoms in total. The molecule has 1 heterocycles. The molecular formula is C23H30O4Si4. The zero-order valence-electron chi connectivity index (χ0n) is 18.8. The van der Waals surface area contributed by atoms with Gasteiger partial charge in [-0.05, 0) is 48.3 Å². The minimum absolute atomic E-state index is 1.08. The first kappa shape index (κ1) is 22.6. The second kappa shape index (κ2) is 8.38. The van der Waals surface area contributed by atoms with E-state index in [1.54, 1.807) is 0 Å². The van der Waals surface area contributed by atoms with Crippen molar-refractivity contribution in [3.8, 4) is 0 Å². The van der Waals surface area contributed by atoms with Crippen LogP contribution in [0.4, 0.5) is 0 Å². The summed E-state index contributed by atoms with van der Waals surface area (Å²) in [4.78, 5) is 0. The maximum atomic E-state index is 7.11. The van der Waals surface area contributed by atoms with Gasteiger partial charge in [0.25, 0.3) is 0 Å². The van der Waals surface area contributed by atoms with Crippen LogP contribution in [-0.4, -0.2) is 34.2 Å². The molecule has 0 N–H and O–H groups in total. The van der Waals surface area contributed by atoms with Gasteiger partial charge in [0.15, 0.2) is 0 Å². The van der Waals surface area contributed by atoms with E-state index in [2.05, 4.69) is 69.1 Å². The Labute approximate surface area is 189 Å². The number of hydrogen-bond donors (Lipinski definition) is 0. The molecule has 162 valence electrons. The zero-order chi connectivity index (χ0) is 22.2. The summed E-state index contributed by atoms with van der Waals surface area (Å²) in [5.41, 5.74) is 0. The molecule has 1 aliphatic rings. The fourth-order valence-electron chi connectivity index (χ4n) is 4.29. The highest BCUT2D eigenvalue weighted by molar-refractivity contribution is 7.05. The Morgan fingerprint density at radius 2 is 0.742 bits per heavy atom. The molecule has 0 aliphatic carbocycles. The van der Waals surface area contributed by atoms with Crippen LogP contribution < -0.4 is 15.6 Å². The highest BCUT2D eigenvalue weighted by atomic mass is 28.5. The van der Waals surface area contributed by atoms with Crippen LogP contribution in [0.2, 0.25) is 32.7 Å². The van der Waals surface area contributed by atoms with Crippen molar-refractivity contribution in [2.75, 3.05) is 0 Å². The normalized spacial score (nSPS) is 21.6. The van der Waals surface area contributed by atoms with Crippen molar-refractivity contribution in [2.45, 2.75) is 32.7 Å². The topological polar surface area (TPSA) is 36.9 Å². The van der Waals surface area contributed by atoms with E-state index in [1.165, 1.54) is 0 Å². The van der Waals surface area contributed by atoms with Crippen LogP contribution >= 0.6 is 0 Å². The standard InChI is InChI=1S/C23H30O4Si4/c1-28(2)24-30(5,21-15-9-6-10-16-21)25-29(3,4)27-31(26-28,22-17-11-7-12-18-22)23-19-13-8-14-20-23/h6-20H,1-5H3. The van der Waals surface area contributed by atoms with E-state index < -0.39 is 34.2 Å². The third-order valence-corrected chi connectivity index (χ3v) is 22.1. The smallest absolute Gasteiger partial charge is 0.389 e.